The van der Waals surface area contributed by atoms with Crippen molar-refractivity contribution in [3.8, 4) is 0 Å². The van der Waals surface area contributed by atoms with Crippen LogP contribution < -0.4 is 0 Å². The van der Waals surface area contributed by atoms with Crippen LogP contribution in [0.4, 0.5) is 19.0 Å². The molecule has 0 radical (unpaired) electrons. The SMILES string of the molecule is Cc1nc([N+](=O)[O-])cn1COC(C)COS(=O)(=O)C(F)(F)F. The fourth-order valence-corrected chi connectivity index (χ4v) is 1.72. The van der Waals surface area contributed by atoms with Gasteiger partial charge in [0.1, 0.15) is 12.9 Å². The summed E-state index contributed by atoms with van der Waals surface area (Å²) in [6, 6.07) is 0. The van der Waals surface area contributed by atoms with Crippen LogP contribution in [0.1, 0.15) is 12.7 Å². The van der Waals surface area contributed by atoms with E-state index in [0.29, 0.717) is 0 Å². The molecule has 9 nitrogen and oxygen atoms in total. The number of nitrogens with zero attached hydrogens (tertiary/aromatic N) is 3. The van der Waals surface area contributed by atoms with Gasteiger partial charge < -0.3 is 14.9 Å². The summed E-state index contributed by atoms with van der Waals surface area (Å²) in [4.78, 5) is 13.4. The van der Waals surface area contributed by atoms with Crippen molar-refractivity contribution in [2.45, 2.75) is 32.2 Å². The van der Waals surface area contributed by atoms with Crippen molar-refractivity contribution < 1.29 is 35.4 Å². The minimum atomic E-state index is -5.68. The molecule has 0 aliphatic rings. The molecule has 1 unspecified atom stereocenters. The second kappa shape index (κ2) is 6.58. The van der Waals surface area contributed by atoms with Gasteiger partial charge in [-0.05, 0) is 16.8 Å². The number of rotatable bonds is 7. The Hall–Kier alpha value is -1.73. The highest BCUT2D eigenvalue weighted by atomic mass is 32.2. The molecule has 0 fully saturated rings. The second-order valence-electron chi connectivity index (χ2n) is 4.16. The van der Waals surface area contributed by atoms with Gasteiger partial charge in [0.05, 0.1) is 12.7 Å². The Labute approximate surface area is 122 Å². The van der Waals surface area contributed by atoms with Gasteiger partial charge in [-0.3, -0.25) is 8.75 Å². The van der Waals surface area contributed by atoms with E-state index in [1.807, 2.05) is 0 Å². The molecular formula is C9H12F3N3O6S. The maximum Gasteiger partial charge on any atom is 0.523 e. The molecule has 0 saturated carbocycles. The number of aromatic nitrogens is 2. The largest absolute Gasteiger partial charge is 0.523 e. The molecule has 0 spiro atoms. The van der Waals surface area contributed by atoms with Crippen LogP contribution in [-0.4, -0.2) is 41.1 Å². The molecule has 1 atom stereocenters. The maximum atomic E-state index is 12.0. The Morgan fingerprint density at radius 3 is 2.55 bits per heavy atom. The van der Waals surface area contributed by atoms with Gasteiger partial charge in [0.15, 0.2) is 0 Å². The van der Waals surface area contributed by atoms with Crippen molar-refractivity contribution in [2.75, 3.05) is 6.61 Å². The van der Waals surface area contributed by atoms with E-state index >= 15 is 0 Å². The quantitative estimate of drug-likeness (QED) is 0.316. The molecule has 0 bridgehead atoms. The smallest absolute Gasteiger partial charge is 0.358 e. The Bertz CT molecular complexity index is 642. The van der Waals surface area contributed by atoms with Crippen LogP contribution in [0.3, 0.4) is 0 Å². The third kappa shape index (κ3) is 4.64. The molecule has 0 aromatic carbocycles. The number of alkyl halides is 3. The summed E-state index contributed by atoms with van der Waals surface area (Å²) >= 11 is 0. The minimum Gasteiger partial charge on any atom is -0.358 e. The van der Waals surface area contributed by atoms with Crippen LogP contribution >= 0.6 is 0 Å². The first-order valence-corrected chi connectivity index (χ1v) is 7.10. The Balaban J connectivity index is 2.54. The lowest BCUT2D eigenvalue weighted by atomic mass is 10.4. The van der Waals surface area contributed by atoms with Crippen LogP contribution in [0.25, 0.3) is 0 Å². The lowest BCUT2D eigenvalue weighted by Gasteiger charge is -2.14. The number of halogens is 3. The molecule has 1 rings (SSSR count). The molecule has 0 saturated heterocycles. The third-order valence-electron chi connectivity index (χ3n) is 2.39. The second-order valence-corrected chi connectivity index (χ2v) is 5.77. The van der Waals surface area contributed by atoms with Gasteiger partial charge in [-0.2, -0.15) is 21.6 Å². The van der Waals surface area contributed by atoms with Crippen LogP contribution in [0.5, 0.6) is 0 Å². The highest BCUT2D eigenvalue weighted by Gasteiger charge is 2.47. The van der Waals surface area contributed by atoms with Crippen LogP contribution in [0.2, 0.25) is 0 Å². The van der Waals surface area contributed by atoms with Crippen LogP contribution in [0.15, 0.2) is 6.20 Å². The van der Waals surface area contributed by atoms with Gasteiger partial charge in [-0.15, -0.1) is 0 Å². The average molecular weight is 347 g/mol. The summed E-state index contributed by atoms with van der Waals surface area (Å²) in [5, 5.41) is 10.5. The molecule has 0 amide bonds. The monoisotopic (exact) mass is 347 g/mol. The van der Waals surface area contributed by atoms with E-state index in [0.717, 1.165) is 6.20 Å². The highest BCUT2D eigenvalue weighted by Crippen LogP contribution is 2.24. The number of ether oxygens (including phenoxy) is 1. The summed E-state index contributed by atoms with van der Waals surface area (Å²) < 4.78 is 67.6. The van der Waals surface area contributed by atoms with Gasteiger partial charge in [0, 0.05) is 6.92 Å². The number of hydrogen-bond donors (Lipinski definition) is 0. The molecule has 0 aliphatic heterocycles. The van der Waals surface area contributed by atoms with E-state index in [1.54, 1.807) is 0 Å². The molecule has 126 valence electrons. The predicted octanol–water partition coefficient (Wildman–Crippen LogP) is 1.33. The summed E-state index contributed by atoms with van der Waals surface area (Å²) in [5.41, 5.74) is -5.51. The summed E-state index contributed by atoms with van der Waals surface area (Å²) in [6.45, 7) is 1.64. The standard InChI is InChI=1S/C9H12F3N3O6S/c1-6(4-21-22(18,19)9(10,11)12)20-5-14-3-8(15(16)17)13-7(14)2/h3,6H,4-5H2,1-2H3. The summed E-state index contributed by atoms with van der Waals surface area (Å²) in [7, 11) is -5.68. The zero-order valence-corrected chi connectivity index (χ0v) is 12.2. The van der Waals surface area contributed by atoms with Crippen molar-refractivity contribution in [3.63, 3.8) is 0 Å². The maximum absolute atomic E-state index is 12.0. The van der Waals surface area contributed by atoms with Gasteiger partial charge in [-0.1, -0.05) is 0 Å². The molecular weight excluding hydrogens is 335 g/mol. The van der Waals surface area contributed by atoms with E-state index in [4.69, 9.17) is 4.74 Å². The fraction of sp³-hybridized carbons (Fsp3) is 0.667. The topological polar surface area (TPSA) is 114 Å². The van der Waals surface area contributed by atoms with Crippen molar-refractivity contribution >= 4 is 15.9 Å². The zero-order valence-electron chi connectivity index (χ0n) is 11.4. The van der Waals surface area contributed by atoms with Crippen molar-refractivity contribution in [3.05, 3.63) is 22.1 Å². The Kier molecular flexibility index (Phi) is 5.48. The molecule has 1 aromatic rings. The molecule has 0 aliphatic carbocycles. The predicted molar refractivity (Wildman–Crippen MR) is 65.1 cm³/mol. The Morgan fingerprint density at radius 1 is 1.50 bits per heavy atom. The number of imidazole rings is 1. The van der Waals surface area contributed by atoms with E-state index < -0.39 is 39.1 Å². The first kappa shape index (κ1) is 18.3. The number of hydrogen-bond acceptors (Lipinski definition) is 7. The van der Waals surface area contributed by atoms with E-state index in [2.05, 4.69) is 9.17 Å². The number of aryl methyl sites for hydroxylation is 1. The molecule has 1 aromatic heterocycles. The van der Waals surface area contributed by atoms with Crippen molar-refractivity contribution in [1.82, 2.24) is 9.55 Å². The molecule has 13 heteroatoms. The highest BCUT2D eigenvalue weighted by molar-refractivity contribution is 7.87. The van der Waals surface area contributed by atoms with Crippen molar-refractivity contribution in [1.29, 1.82) is 0 Å². The first-order valence-electron chi connectivity index (χ1n) is 5.69. The normalized spacial score (nSPS) is 14.0. The minimum absolute atomic E-state index is 0.253. The molecule has 0 N–H and O–H groups in total. The average Bonchev–Trinajstić information content (AvgIpc) is 2.74. The lowest BCUT2D eigenvalue weighted by molar-refractivity contribution is -0.389. The van der Waals surface area contributed by atoms with Gasteiger partial charge in [0.25, 0.3) is 0 Å². The summed E-state index contributed by atoms with van der Waals surface area (Å²) in [5.74, 6) is -0.160. The lowest BCUT2D eigenvalue weighted by Crippen LogP contribution is -2.29. The number of nitro groups is 1. The van der Waals surface area contributed by atoms with Gasteiger partial charge in [-0.25, -0.2) is 0 Å². The zero-order chi connectivity index (χ0) is 17.1. The van der Waals surface area contributed by atoms with Crippen LogP contribution in [0, 0.1) is 17.0 Å². The van der Waals surface area contributed by atoms with E-state index in [1.165, 1.54) is 18.4 Å². The fourth-order valence-electron chi connectivity index (χ4n) is 1.22. The third-order valence-corrected chi connectivity index (χ3v) is 3.40. The van der Waals surface area contributed by atoms with Crippen molar-refractivity contribution in [2.24, 2.45) is 0 Å². The summed E-state index contributed by atoms with van der Waals surface area (Å²) in [6.07, 6.45) is 0.0769. The Morgan fingerprint density at radius 2 is 2.09 bits per heavy atom. The first-order chi connectivity index (χ1) is 9.94. The van der Waals surface area contributed by atoms with E-state index in [-0.39, 0.29) is 12.6 Å². The van der Waals surface area contributed by atoms with Crippen LogP contribution in [-0.2, 0) is 25.8 Å². The van der Waals surface area contributed by atoms with Gasteiger partial charge in [0.2, 0.25) is 5.82 Å². The molecule has 22 heavy (non-hydrogen) atoms. The van der Waals surface area contributed by atoms with Gasteiger partial charge >= 0.3 is 21.4 Å². The van der Waals surface area contributed by atoms with E-state index in [9.17, 15) is 31.7 Å². The molecule has 1 heterocycles.